The van der Waals surface area contributed by atoms with Crippen LogP contribution in [0.5, 0.6) is 0 Å². The molecule has 1 unspecified atom stereocenters. The molecule has 3 heteroatoms. The van der Waals surface area contributed by atoms with Crippen molar-refractivity contribution in [2.75, 3.05) is 6.61 Å². The highest BCUT2D eigenvalue weighted by atomic mass is 16.5. The van der Waals surface area contributed by atoms with E-state index in [0.717, 1.165) is 17.5 Å². The first-order valence-electron chi connectivity index (χ1n) is 6.34. The van der Waals surface area contributed by atoms with Crippen LogP contribution in [0.4, 0.5) is 0 Å². The number of rotatable bonds is 6. The minimum Gasteiger partial charge on any atom is -0.354 e. The Morgan fingerprint density at radius 2 is 2.06 bits per heavy atom. The van der Waals surface area contributed by atoms with Crippen LogP contribution in [0.25, 0.3) is 0 Å². The van der Waals surface area contributed by atoms with Gasteiger partial charge in [0.25, 0.3) is 5.91 Å². The topological polar surface area (TPSA) is 38.3 Å². The maximum atomic E-state index is 11.6. The van der Waals surface area contributed by atoms with Crippen LogP contribution in [-0.4, -0.2) is 12.5 Å². The summed E-state index contributed by atoms with van der Waals surface area (Å²) in [6.07, 6.45) is 4.47. The largest absolute Gasteiger partial charge is 0.354 e. The molecule has 1 aromatic rings. The predicted octanol–water partition coefficient (Wildman–Crippen LogP) is 3.03. The molecule has 92 valence electrons. The molecule has 1 amide bonds. The van der Waals surface area contributed by atoms with Crippen LogP contribution in [0.2, 0.25) is 0 Å². The number of unbranched alkanes of at least 4 members (excludes halogenated alkanes) is 3. The zero-order valence-electron chi connectivity index (χ0n) is 10.2. The van der Waals surface area contributed by atoms with Gasteiger partial charge in [-0.3, -0.25) is 4.79 Å². The lowest BCUT2D eigenvalue weighted by Crippen LogP contribution is -2.21. The second kappa shape index (κ2) is 5.82. The Morgan fingerprint density at radius 3 is 2.88 bits per heavy atom. The van der Waals surface area contributed by atoms with Crippen molar-refractivity contribution in [1.82, 2.24) is 5.32 Å². The molecule has 0 spiro atoms. The van der Waals surface area contributed by atoms with Gasteiger partial charge >= 0.3 is 0 Å². The van der Waals surface area contributed by atoms with Gasteiger partial charge in [-0.05, 0) is 12.5 Å². The fourth-order valence-electron chi connectivity index (χ4n) is 2.07. The normalized spacial score (nSPS) is 17.9. The number of ether oxygens (including phenoxy) is 1. The van der Waals surface area contributed by atoms with Crippen LogP contribution < -0.4 is 5.32 Å². The highest BCUT2D eigenvalue weighted by Crippen LogP contribution is 2.25. The zero-order valence-corrected chi connectivity index (χ0v) is 10.2. The second-order valence-electron chi connectivity index (χ2n) is 4.37. The summed E-state index contributed by atoms with van der Waals surface area (Å²) in [5.41, 5.74) is 1.71. The summed E-state index contributed by atoms with van der Waals surface area (Å²) >= 11 is 0. The van der Waals surface area contributed by atoms with E-state index in [0.29, 0.717) is 6.61 Å². The van der Waals surface area contributed by atoms with E-state index in [4.69, 9.17) is 4.74 Å². The molecule has 0 fully saturated rings. The van der Waals surface area contributed by atoms with Crippen LogP contribution >= 0.6 is 0 Å². The number of hydrogen-bond donors (Lipinski definition) is 1. The maximum absolute atomic E-state index is 11.6. The lowest BCUT2D eigenvalue weighted by atomic mass is 10.1. The molecule has 1 aliphatic heterocycles. The molecule has 0 saturated carbocycles. The summed E-state index contributed by atoms with van der Waals surface area (Å²) < 4.78 is 5.71. The van der Waals surface area contributed by atoms with Crippen molar-refractivity contribution in [2.45, 2.75) is 38.8 Å². The summed E-state index contributed by atoms with van der Waals surface area (Å²) in [5.74, 6) is -0.0286. The maximum Gasteiger partial charge on any atom is 0.253 e. The van der Waals surface area contributed by atoms with Gasteiger partial charge in [0.15, 0.2) is 6.23 Å². The first-order chi connectivity index (χ1) is 8.33. The standard InChI is InChI=1S/C14H19NO2/c1-2-3-4-7-10-17-14-12-9-6-5-8-11(12)13(16)15-14/h5-6,8-9,14H,2-4,7,10H2,1H3,(H,15,16). The van der Waals surface area contributed by atoms with Gasteiger partial charge in [0.1, 0.15) is 0 Å². The molecule has 1 aliphatic rings. The summed E-state index contributed by atoms with van der Waals surface area (Å²) in [5, 5.41) is 2.85. The number of carbonyl (C=O) groups excluding carboxylic acids is 1. The van der Waals surface area contributed by atoms with Crippen molar-refractivity contribution in [3.05, 3.63) is 35.4 Å². The highest BCUT2D eigenvalue weighted by molar-refractivity contribution is 5.98. The molecule has 0 aliphatic carbocycles. The number of hydrogen-bond acceptors (Lipinski definition) is 2. The molecule has 0 bridgehead atoms. The van der Waals surface area contributed by atoms with Crippen molar-refractivity contribution in [3.63, 3.8) is 0 Å². The van der Waals surface area contributed by atoms with Gasteiger partial charge in [-0.25, -0.2) is 0 Å². The second-order valence-corrected chi connectivity index (χ2v) is 4.37. The van der Waals surface area contributed by atoms with E-state index in [-0.39, 0.29) is 12.1 Å². The van der Waals surface area contributed by atoms with E-state index < -0.39 is 0 Å². The number of nitrogens with one attached hydrogen (secondary N) is 1. The molecule has 1 N–H and O–H groups in total. The molecular formula is C14H19NO2. The van der Waals surface area contributed by atoms with E-state index >= 15 is 0 Å². The Hall–Kier alpha value is -1.35. The zero-order chi connectivity index (χ0) is 12.1. The molecule has 0 saturated heterocycles. The van der Waals surface area contributed by atoms with E-state index in [1.807, 2.05) is 24.3 Å². The molecule has 2 rings (SSSR count). The van der Waals surface area contributed by atoms with Crippen molar-refractivity contribution in [3.8, 4) is 0 Å². The minimum atomic E-state index is -0.250. The van der Waals surface area contributed by atoms with Crippen molar-refractivity contribution < 1.29 is 9.53 Å². The smallest absolute Gasteiger partial charge is 0.253 e. The number of fused-ring (bicyclic) bond motifs is 1. The molecule has 1 heterocycles. The van der Waals surface area contributed by atoms with Gasteiger partial charge in [0, 0.05) is 17.7 Å². The number of benzene rings is 1. The van der Waals surface area contributed by atoms with E-state index in [1.165, 1.54) is 19.3 Å². The first kappa shape index (κ1) is 12.1. The lowest BCUT2D eigenvalue weighted by molar-refractivity contribution is 0.0322. The Labute approximate surface area is 102 Å². The number of amides is 1. The SMILES string of the molecule is CCCCCCOC1NC(=O)c2ccccc21. The van der Waals surface area contributed by atoms with Gasteiger partial charge in [-0.2, -0.15) is 0 Å². The number of carbonyl (C=O) groups is 1. The van der Waals surface area contributed by atoms with Gasteiger partial charge in [-0.1, -0.05) is 44.4 Å². The van der Waals surface area contributed by atoms with Crippen LogP contribution in [0.15, 0.2) is 24.3 Å². The Balaban J connectivity index is 1.85. The fraction of sp³-hybridized carbons (Fsp3) is 0.500. The van der Waals surface area contributed by atoms with Gasteiger partial charge in [-0.15, -0.1) is 0 Å². The van der Waals surface area contributed by atoms with Crippen LogP contribution in [0.1, 0.15) is 54.8 Å². The molecule has 0 radical (unpaired) electrons. The third kappa shape index (κ3) is 2.86. The summed E-state index contributed by atoms with van der Waals surface area (Å²) in [4.78, 5) is 11.6. The molecular weight excluding hydrogens is 214 g/mol. The van der Waals surface area contributed by atoms with E-state index in [2.05, 4.69) is 12.2 Å². The molecule has 0 aromatic heterocycles. The summed E-state index contributed by atoms with van der Waals surface area (Å²) in [7, 11) is 0. The molecule has 17 heavy (non-hydrogen) atoms. The van der Waals surface area contributed by atoms with Crippen molar-refractivity contribution in [1.29, 1.82) is 0 Å². The van der Waals surface area contributed by atoms with Crippen molar-refractivity contribution in [2.24, 2.45) is 0 Å². The van der Waals surface area contributed by atoms with Crippen LogP contribution in [-0.2, 0) is 4.74 Å². The fourth-order valence-corrected chi connectivity index (χ4v) is 2.07. The summed E-state index contributed by atoms with van der Waals surface area (Å²) in [6, 6.07) is 7.60. The predicted molar refractivity (Wildman–Crippen MR) is 66.7 cm³/mol. The van der Waals surface area contributed by atoms with Gasteiger partial charge < -0.3 is 10.1 Å². The Kier molecular flexibility index (Phi) is 4.15. The van der Waals surface area contributed by atoms with Crippen LogP contribution in [0, 0.1) is 0 Å². The first-order valence-corrected chi connectivity index (χ1v) is 6.34. The average Bonchev–Trinajstić information content (AvgIpc) is 2.67. The highest BCUT2D eigenvalue weighted by Gasteiger charge is 2.28. The average molecular weight is 233 g/mol. The van der Waals surface area contributed by atoms with Gasteiger partial charge in [0.05, 0.1) is 0 Å². The van der Waals surface area contributed by atoms with E-state index in [9.17, 15) is 4.79 Å². The Morgan fingerprint density at radius 1 is 1.24 bits per heavy atom. The van der Waals surface area contributed by atoms with Gasteiger partial charge in [0.2, 0.25) is 0 Å². The Bertz CT molecular complexity index is 390. The molecule has 3 nitrogen and oxygen atoms in total. The van der Waals surface area contributed by atoms with E-state index in [1.54, 1.807) is 0 Å². The molecule has 1 aromatic carbocycles. The third-order valence-corrected chi connectivity index (χ3v) is 3.03. The monoisotopic (exact) mass is 233 g/mol. The minimum absolute atomic E-state index is 0.0286. The quantitative estimate of drug-likeness (QED) is 0.767. The van der Waals surface area contributed by atoms with Crippen molar-refractivity contribution >= 4 is 5.91 Å². The molecule has 1 atom stereocenters. The van der Waals surface area contributed by atoms with Crippen LogP contribution in [0.3, 0.4) is 0 Å². The summed E-state index contributed by atoms with van der Waals surface area (Å²) in [6.45, 7) is 2.90. The lowest BCUT2D eigenvalue weighted by Gasteiger charge is -2.12. The third-order valence-electron chi connectivity index (χ3n) is 3.03.